The molecule has 1 fully saturated rings. The van der Waals surface area contributed by atoms with Crippen molar-refractivity contribution in [3.05, 3.63) is 76.3 Å². The van der Waals surface area contributed by atoms with E-state index in [0.717, 1.165) is 17.8 Å². The molecule has 8 heteroatoms. The van der Waals surface area contributed by atoms with Crippen molar-refractivity contribution in [3.8, 4) is 0 Å². The summed E-state index contributed by atoms with van der Waals surface area (Å²) in [6, 6.07) is 12.6. The van der Waals surface area contributed by atoms with Gasteiger partial charge < -0.3 is 14.8 Å². The second-order valence-corrected chi connectivity index (χ2v) is 7.36. The zero-order valence-electron chi connectivity index (χ0n) is 15.1. The van der Waals surface area contributed by atoms with Gasteiger partial charge in [-0.2, -0.15) is 0 Å². The van der Waals surface area contributed by atoms with Gasteiger partial charge in [-0.3, -0.25) is 0 Å². The maximum absolute atomic E-state index is 14.0. The number of rotatable bonds is 5. The standard InChI is InChI=1S/C20H17F2NO4S/c1-20(2)26-18(24)15(19(25)27-20)17(23-13-8-4-3-5-9-13)28-11-12-7-6-10-14(21)16(12)22/h3-10,23H,11H2,1-2H3. The molecule has 0 atom stereocenters. The number of carbonyl (C=O) groups is 2. The summed E-state index contributed by atoms with van der Waals surface area (Å²) in [6.07, 6.45) is 0. The lowest BCUT2D eigenvalue weighted by molar-refractivity contribution is -0.222. The van der Waals surface area contributed by atoms with Gasteiger partial charge in [0.05, 0.1) is 5.03 Å². The van der Waals surface area contributed by atoms with Crippen molar-refractivity contribution in [1.82, 2.24) is 0 Å². The molecule has 1 saturated heterocycles. The first kappa shape index (κ1) is 19.9. The third-order valence-electron chi connectivity index (χ3n) is 3.75. The predicted octanol–water partition coefficient (Wildman–Crippen LogP) is 4.36. The largest absolute Gasteiger partial charge is 0.419 e. The number of anilines is 1. The topological polar surface area (TPSA) is 64.6 Å². The van der Waals surface area contributed by atoms with E-state index in [9.17, 15) is 18.4 Å². The molecular formula is C20H17F2NO4S. The van der Waals surface area contributed by atoms with Crippen LogP contribution in [0.25, 0.3) is 0 Å². The summed E-state index contributed by atoms with van der Waals surface area (Å²) in [5, 5.41) is 3.09. The van der Waals surface area contributed by atoms with E-state index >= 15 is 0 Å². The summed E-state index contributed by atoms with van der Waals surface area (Å²) in [5.74, 6) is -5.06. The predicted molar refractivity (Wildman–Crippen MR) is 101 cm³/mol. The Morgan fingerprint density at radius 2 is 1.64 bits per heavy atom. The van der Waals surface area contributed by atoms with Crippen LogP contribution in [0.5, 0.6) is 0 Å². The fourth-order valence-electron chi connectivity index (χ4n) is 2.47. The molecule has 0 bridgehead atoms. The van der Waals surface area contributed by atoms with E-state index in [-0.39, 0.29) is 21.9 Å². The molecule has 2 aromatic rings. The highest BCUT2D eigenvalue weighted by Gasteiger charge is 2.41. The van der Waals surface area contributed by atoms with Crippen molar-refractivity contribution < 1.29 is 27.8 Å². The van der Waals surface area contributed by atoms with E-state index < -0.39 is 29.4 Å². The van der Waals surface area contributed by atoms with Crippen LogP contribution in [0.2, 0.25) is 0 Å². The first-order valence-electron chi connectivity index (χ1n) is 8.35. The SMILES string of the molecule is CC1(C)OC(=O)C(=C(Nc2ccccc2)SCc2cccc(F)c2F)C(=O)O1. The van der Waals surface area contributed by atoms with E-state index in [2.05, 4.69) is 5.32 Å². The number of hydrogen-bond donors (Lipinski definition) is 1. The molecule has 0 radical (unpaired) electrons. The van der Waals surface area contributed by atoms with Crippen LogP contribution in [-0.2, 0) is 24.8 Å². The molecule has 1 heterocycles. The molecule has 5 nitrogen and oxygen atoms in total. The molecule has 1 aliphatic heterocycles. The number of para-hydroxylation sites is 1. The second kappa shape index (κ2) is 8.02. The number of carbonyl (C=O) groups excluding carboxylic acids is 2. The second-order valence-electron chi connectivity index (χ2n) is 6.38. The van der Waals surface area contributed by atoms with Crippen molar-refractivity contribution in [2.75, 3.05) is 5.32 Å². The maximum Gasteiger partial charge on any atom is 0.351 e. The molecule has 0 spiro atoms. The Labute approximate surface area is 164 Å². The highest BCUT2D eigenvalue weighted by molar-refractivity contribution is 8.02. The van der Waals surface area contributed by atoms with Crippen molar-refractivity contribution in [3.63, 3.8) is 0 Å². The van der Waals surface area contributed by atoms with Gasteiger partial charge in [0.1, 0.15) is 0 Å². The lowest BCUT2D eigenvalue weighted by atomic mass is 10.2. The molecule has 0 unspecified atom stereocenters. The number of halogens is 2. The smallest absolute Gasteiger partial charge is 0.351 e. The van der Waals surface area contributed by atoms with Crippen molar-refractivity contribution >= 4 is 29.4 Å². The fraction of sp³-hybridized carbons (Fsp3) is 0.200. The maximum atomic E-state index is 14.0. The van der Waals surface area contributed by atoms with Crippen LogP contribution in [0, 0.1) is 11.6 Å². The first-order valence-corrected chi connectivity index (χ1v) is 9.34. The van der Waals surface area contributed by atoms with Gasteiger partial charge in [0.15, 0.2) is 17.2 Å². The van der Waals surface area contributed by atoms with E-state index in [4.69, 9.17) is 9.47 Å². The normalized spacial score (nSPS) is 15.6. The molecule has 3 rings (SSSR count). The fourth-order valence-corrected chi connectivity index (χ4v) is 3.50. The van der Waals surface area contributed by atoms with Gasteiger partial charge in [0.2, 0.25) is 0 Å². The summed E-state index contributed by atoms with van der Waals surface area (Å²) in [4.78, 5) is 24.8. The minimum absolute atomic E-state index is 0.0216. The zero-order chi connectivity index (χ0) is 20.3. The third-order valence-corrected chi connectivity index (χ3v) is 4.80. The average Bonchev–Trinajstić information content (AvgIpc) is 2.62. The molecule has 0 amide bonds. The van der Waals surface area contributed by atoms with Crippen LogP contribution in [0.15, 0.2) is 59.1 Å². The van der Waals surface area contributed by atoms with Crippen LogP contribution in [0.1, 0.15) is 19.4 Å². The van der Waals surface area contributed by atoms with Gasteiger partial charge in [-0.1, -0.05) is 30.3 Å². The van der Waals surface area contributed by atoms with Crippen LogP contribution < -0.4 is 5.32 Å². The number of esters is 2. The first-order chi connectivity index (χ1) is 13.3. The Hall–Kier alpha value is -2.87. The van der Waals surface area contributed by atoms with Crippen LogP contribution in [-0.4, -0.2) is 17.7 Å². The van der Waals surface area contributed by atoms with Gasteiger partial charge in [-0.25, -0.2) is 18.4 Å². The van der Waals surface area contributed by atoms with Crippen LogP contribution >= 0.6 is 11.8 Å². The number of ether oxygens (including phenoxy) is 2. The number of thioether (sulfide) groups is 1. The van der Waals surface area contributed by atoms with Gasteiger partial charge in [-0.05, 0) is 18.2 Å². The third kappa shape index (κ3) is 4.51. The lowest BCUT2D eigenvalue weighted by Gasteiger charge is -2.30. The summed E-state index contributed by atoms with van der Waals surface area (Å²) < 4.78 is 37.7. The van der Waals surface area contributed by atoms with E-state index in [1.807, 2.05) is 0 Å². The number of nitrogens with one attached hydrogen (secondary N) is 1. The quantitative estimate of drug-likeness (QED) is 0.453. The zero-order valence-corrected chi connectivity index (χ0v) is 15.9. The van der Waals surface area contributed by atoms with Crippen molar-refractivity contribution in [2.24, 2.45) is 0 Å². The Balaban J connectivity index is 1.94. The molecule has 0 saturated carbocycles. The summed E-state index contributed by atoms with van der Waals surface area (Å²) in [7, 11) is 0. The molecular weight excluding hydrogens is 388 g/mol. The van der Waals surface area contributed by atoms with Crippen LogP contribution in [0.3, 0.4) is 0 Å². The summed E-state index contributed by atoms with van der Waals surface area (Å²) >= 11 is 0.967. The van der Waals surface area contributed by atoms with Crippen molar-refractivity contribution in [1.29, 1.82) is 0 Å². The molecule has 28 heavy (non-hydrogen) atoms. The average molecular weight is 405 g/mol. The Kier molecular flexibility index (Phi) is 5.69. The molecule has 0 aliphatic carbocycles. The lowest BCUT2D eigenvalue weighted by Crippen LogP contribution is -2.42. The molecule has 1 aliphatic rings. The van der Waals surface area contributed by atoms with E-state index in [1.54, 1.807) is 30.3 Å². The molecule has 2 aromatic carbocycles. The Morgan fingerprint density at radius 1 is 1.00 bits per heavy atom. The van der Waals surface area contributed by atoms with Crippen molar-refractivity contribution in [2.45, 2.75) is 25.4 Å². The Morgan fingerprint density at radius 3 is 2.29 bits per heavy atom. The monoisotopic (exact) mass is 405 g/mol. The van der Waals surface area contributed by atoms with Gasteiger partial charge in [-0.15, -0.1) is 11.8 Å². The highest BCUT2D eigenvalue weighted by atomic mass is 32.2. The minimum Gasteiger partial charge on any atom is -0.419 e. The van der Waals surface area contributed by atoms with Crippen LogP contribution in [0.4, 0.5) is 14.5 Å². The number of benzene rings is 2. The summed E-state index contributed by atoms with van der Waals surface area (Å²) in [5.41, 5.74) is 0.364. The van der Waals surface area contributed by atoms with E-state index in [0.29, 0.717) is 5.69 Å². The van der Waals surface area contributed by atoms with Gasteiger partial charge in [0.25, 0.3) is 5.79 Å². The number of hydrogen-bond acceptors (Lipinski definition) is 6. The van der Waals surface area contributed by atoms with Gasteiger partial charge in [0, 0.05) is 30.9 Å². The minimum atomic E-state index is -1.38. The Bertz CT molecular complexity index is 922. The van der Waals surface area contributed by atoms with Gasteiger partial charge >= 0.3 is 11.9 Å². The molecule has 1 N–H and O–H groups in total. The summed E-state index contributed by atoms with van der Waals surface area (Å²) in [6.45, 7) is 2.89. The molecule has 146 valence electrons. The molecule has 0 aromatic heterocycles. The highest BCUT2D eigenvalue weighted by Crippen LogP contribution is 2.32. The number of cyclic esters (lactones) is 2. The van der Waals surface area contributed by atoms with E-state index in [1.165, 1.54) is 26.0 Å².